The van der Waals surface area contributed by atoms with Crippen LogP contribution in [0.1, 0.15) is 50.9 Å². The number of carbonyl (C=O) groups is 2. The van der Waals surface area contributed by atoms with Gasteiger partial charge in [0, 0.05) is 30.4 Å². The fraction of sp³-hybridized carbons (Fsp3) is 0.409. The highest BCUT2D eigenvalue weighted by Gasteiger charge is 2.23. The van der Waals surface area contributed by atoms with E-state index in [4.69, 9.17) is 4.74 Å². The second-order valence-corrected chi connectivity index (χ2v) is 7.88. The molecule has 1 N–H and O–H groups in total. The molecule has 1 aliphatic rings. The van der Waals surface area contributed by atoms with E-state index < -0.39 is 0 Å². The molecule has 2 aromatic rings. The van der Waals surface area contributed by atoms with E-state index in [0.717, 1.165) is 25.9 Å². The lowest BCUT2D eigenvalue weighted by Crippen LogP contribution is -2.34. The standard InChI is InChI=1S/C13H10FNO2.C9H17NO2/c1-8(16)10-6-12(15-13(17)7-10)9-2-4-11(14)5-3-9;1-9(2,3)12-8(11)10-6-4-5-7-10/h2-7H,1H3,(H,15,17);4-7H2,1-3H3. The van der Waals surface area contributed by atoms with Crippen molar-refractivity contribution >= 4 is 11.9 Å². The normalized spacial score (nSPS) is 13.5. The number of aromatic amines is 1. The number of nitrogens with zero attached hydrogens (tertiary/aromatic N) is 1. The number of nitrogens with one attached hydrogen (secondary N) is 1. The molecule has 0 radical (unpaired) electrons. The molecule has 1 saturated heterocycles. The maximum absolute atomic E-state index is 12.8. The third kappa shape index (κ3) is 7.18. The van der Waals surface area contributed by atoms with E-state index in [1.54, 1.807) is 23.1 Å². The number of H-pyrrole nitrogens is 1. The van der Waals surface area contributed by atoms with E-state index in [1.165, 1.54) is 25.1 Å². The summed E-state index contributed by atoms with van der Waals surface area (Å²) >= 11 is 0. The molecule has 1 amide bonds. The first kappa shape index (κ1) is 22.3. The van der Waals surface area contributed by atoms with Crippen molar-refractivity contribution in [2.75, 3.05) is 13.1 Å². The van der Waals surface area contributed by atoms with E-state index in [0.29, 0.717) is 16.8 Å². The summed E-state index contributed by atoms with van der Waals surface area (Å²) in [5.41, 5.74) is 0.791. The number of ether oxygens (including phenoxy) is 1. The first-order valence-electron chi connectivity index (χ1n) is 9.54. The maximum Gasteiger partial charge on any atom is 0.410 e. The van der Waals surface area contributed by atoms with Crippen molar-refractivity contribution in [3.05, 3.63) is 58.1 Å². The number of amides is 1. The average molecular weight is 402 g/mol. The van der Waals surface area contributed by atoms with Crippen LogP contribution in [-0.2, 0) is 4.74 Å². The summed E-state index contributed by atoms with van der Waals surface area (Å²) in [5, 5.41) is 0. The van der Waals surface area contributed by atoms with Gasteiger partial charge in [0.2, 0.25) is 5.56 Å². The summed E-state index contributed by atoms with van der Waals surface area (Å²) < 4.78 is 18.0. The van der Waals surface area contributed by atoms with Crippen LogP contribution in [0.2, 0.25) is 0 Å². The number of hydrogen-bond acceptors (Lipinski definition) is 4. The third-order valence-corrected chi connectivity index (χ3v) is 4.16. The highest BCUT2D eigenvalue weighted by atomic mass is 19.1. The van der Waals surface area contributed by atoms with E-state index in [-0.39, 0.29) is 28.9 Å². The smallest absolute Gasteiger partial charge is 0.410 e. The Labute approximate surface area is 169 Å². The molecule has 1 aromatic heterocycles. The van der Waals surface area contributed by atoms with E-state index in [9.17, 15) is 18.8 Å². The van der Waals surface area contributed by atoms with Gasteiger partial charge < -0.3 is 14.6 Å². The summed E-state index contributed by atoms with van der Waals surface area (Å²) in [7, 11) is 0. The molecule has 0 aliphatic carbocycles. The molecule has 1 fully saturated rings. The summed E-state index contributed by atoms with van der Waals surface area (Å²) in [6.07, 6.45) is 2.05. The van der Waals surface area contributed by atoms with Gasteiger partial charge in [0.25, 0.3) is 0 Å². The Bertz CT molecular complexity index is 908. The Morgan fingerprint density at radius 2 is 1.66 bits per heavy atom. The molecule has 6 nitrogen and oxygen atoms in total. The fourth-order valence-corrected chi connectivity index (χ4v) is 2.76. The first-order valence-corrected chi connectivity index (χ1v) is 9.54. The van der Waals surface area contributed by atoms with Gasteiger partial charge in [-0.1, -0.05) is 0 Å². The van der Waals surface area contributed by atoms with Crippen molar-refractivity contribution in [3.63, 3.8) is 0 Å². The zero-order valence-electron chi connectivity index (χ0n) is 17.3. The average Bonchev–Trinajstić information content (AvgIpc) is 3.16. The number of Topliss-reactive ketones (excluding diaryl/α,β-unsaturated/α-hetero) is 1. The molecule has 7 heteroatoms. The monoisotopic (exact) mass is 402 g/mol. The largest absolute Gasteiger partial charge is 0.444 e. The molecule has 1 aromatic carbocycles. The van der Waals surface area contributed by atoms with Crippen molar-refractivity contribution in [2.45, 2.75) is 46.1 Å². The van der Waals surface area contributed by atoms with Crippen LogP contribution in [0.4, 0.5) is 9.18 Å². The molecule has 156 valence electrons. The van der Waals surface area contributed by atoms with Crippen LogP contribution in [0.25, 0.3) is 11.3 Å². The van der Waals surface area contributed by atoms with Gasteiger partial charge in [-0.3, -0.25) is 9.59 Å². The van der Waals surface area contributed by atoms with Gasteiger partial charge in [-0.15, -0.1) is 0 Å². The molecular formula is C22H27FN2O4. The number of benzene rings is 1. The zero-order valence-corrected chi connectivity index (χ0v) is 17.3. The SMILES string of the molecule is CC(=O)c1cc(-c2ccc(F)cc2)[nH]c(=O)c1.CC(C)(C)OC(=O)N1CCCC1. The molecule has 0 atom stereocenters. The zero-order chi connectivity index (χ0) is 21.6. The van der Waals surface area contributed by atoms with Crippen LogP contribution < -0.4 is 5.56 Å². The van der Waals surface area contributed by atoms with Crippen molar-refractivity contribution in [1.82, 2.24) is 9.88 Å². The minimum atomic E-state index is -0.361. The highest BCUT2D eigenvalue weighted by Crippen LogP contribution is 2.17. The molecule has 3 rings (SSSR count). The van der Waals surface area contributed by atoms with Gasteiger partial charge in [0.05, 0.1) is 0 Å². The molecule has 2 heterocycles. The Kier molecular flexibility index (Phi) is 7.31. The third-order valence-electron chi connectivity index (χ3n) is 4.16. The Morgan fingerprint density at radius 3 is 2.17 bits per heavy atom. The molecule has 0 saturated carbocycles. The lowest BCUT2D eigenvalue weighted by atomic mass is 10.1. The maximum atomic E-state index is 12.8. The van der Waals surface area contributed by atoms with Crippen LogP contribution in [0.5, 0.6) is 0 Å². The predicted octanol–water partition coefficient (Wildman–Crippen LogP) is 4.40. The lowest BCUT2D eigenvalue weighted by molar-refractivity contribution is 0.0295. The second-order valence-electron chi connectivity index (χ2n) is 7.88. The first-order chi connectivity index (χ1) is 13.5. The summed E-state index contributed by atoms with van der Waals surface area (Å²) in [6.45, 7) is 8.77. The highest BCUT2D eigenvalue weighted by molar-refractivity contribution is 5.94. The van der Waals surface area contributed by atoms with Gasteiger partial charge in [0.15, 0.2) is 5.78 Å². The minimum absolute atomic E-state index is 0.167. The van der Waals surface area contributed by atoms with Crippen LogP contribution in [0.3, 0.4) is 0 Å². The lowest BCUT2D eigenvalue weighted by Gasteiger charge is -2.23. The van der Waals surface area contributed by atoms with Crippen molar-refractivity contribution in [1.29, 1.82) is 0 Å². The number of pyridine rings is 1. The van der Waals surface area contributed by atoms with Gasteiger partial charge in [-0.05, 0) is 76.4 Å². The number of aromatic nitrogens is 1. The topological polar surface area (TPSA) is 79.5 Å². The Morgan fingerprint density at radius 1 is 1.07 bits per heavy atom. The number of ketones is 1. The van der Waals surface area contributed by atoms with Crippen molar-refractivity contribution in [2.24, 2.45) is 0 Å². The summed E-state index contributed by atoms with van der Waals surface area (Å²) in [4.78, 5) is 38.3. The fourth-order valence-electron chi connectivity index (χ4n) is 2.76. The van der Waals surface area contributed by atoms with Gasteiger partial charge in [-0.25, -0.2) is 9.18 Å². The summed E-state index contributed by atoms with van der Waals surface area (Å²) in [5.74, 6) is -0.529. The van der Waals surface area contributed by atoms with Gasteiger partial charge >= 0.3 is 6.09 Å². The van der Waals surface area contributed by atoms with Gasteiger partial charge in [0.1, 0.15) is 11.4 Å². The van der Waals surface area contributed by atoms with Crippen LogP contribution >= 0.6 is 0 Å². The number of likely N-dealkylation sites (tertiary alicyclic amines) is 1. The molecule has 1 aliphatic heterocycles. The summed E-state index contributed by atoms with van der Waals surface area (Å²) in [6, 6.07) is 8.52. The van der Waals surface area contributed by atoms with Crippen LogP contribution in [0, 0.1) is 5.82 Å². The number of rotatable bonds is 2. The van der Waals surface area contributed by atoms with Crippen molar-refractivity contribution < 1.29 is 18.7 Å². The van der Waals surface area contributed by atoms with Gasteiger partial charge in [-0.2, -0.15) is 0 Å². The number of carbonyl (C=O) groups excluding carboxylic acids is 2. The predicted molar refractivity (Wildman–Crippen MR) is 110 cm³/mol. The second kappa shape index (κ2) is 9.49. The minimum Gasteiger partial charge on any atom is -0.444 e. The Balaban J connectivity index is 0.000000221. The molecular weight excluding hydrogens is 375 g/mol. The van der Waals surface area contributed by atoms with Crippen LogP contribution in [-0.4, -0.2) is 40.5 Å². The van der Waals surface area contributed by atoms with Crippen molar-refractivity contribution in [3.8, 4) is 11.3 Å². The van der Waals surface area contributed by atoms with E-state index in [1.807, 2.05) is 20.8 Å². The van der Waals surface area contributed by atoms with E-state index in [2.05, 4.69) is 4.98 Å². The number of halogens is 1. The van der Waals surface area contributed by atoms with E-state index >= 15 is 0 Å². The molecule has 0 spiro atoms. The molecule has 0 bridgehead atoms. The number of hydrogen-bond donors (Lipinski definition) is 1. The molecule has 0 unspecified atom stereocenters. The quantitative estimate of drug-likeness (QED) is 0.755. The Hall–Kier alpha value is -2.96. The molecule has 29 heavy (non-hydrogen) atoms. The van der Waals surface area contributed by atoms with Crippen LogP contribution in [0.15, 0.2) is 41.2 Å².